The van der Waals surface area contributed by atoms with E-state index >= 15 is 0 Å². The van der Waals surface area contributed by atoms with Gasteiger partial charge in [0.25, 0.3) is 0 Å². The van der Waals surface area contributed by atoms with Gasteiger partial charge < -0.3 is 30.5 Å². The van der Waals surface area contributed by atoms with Gasteiger partial charge in [-0.25, -0.2) is 9.59 Å². The van der Waals surface area contributed by atoms with Gasteiger partial charge >= 0.3 is 12.0 Å². The minimum absolute atomic E-state index is 0.0157. The molecule has 0 aromatic heterocycles. The second kappa shape index (κ2) is 9.23. The zero-order valence-corrected chi connectivity index (χ0v) is 22.5. The quantitative estimate of drug-likeness (QED) is 0.430. The van der Waals surface area contributed by atoms with Gasteiger partial charge in [-0.3, -0.25) is 0 Å². The highest BCUT2D eigenvalue weighted by atomic mass is 16.5. The van der Waals surface area contributed by atoms with Crippen molar-refractivity contribution in [3.63, 3.8) is 0 Å². The first-order valence-electron chi connectivity index (χ1n) is 14.7. The lowest BCUT2D eigenvalue weighted by Gasteiger charge is -2.64. The molecule has 6 aliphatic rings. The number of cyclic esters (lactones) is 1. The number of nitrogens with zero attached hydrogens (tertiary/aromatic N) is 1. The average molecular weight is 516 g/mol. The van der Waals surface area contributed by atoms with E-state index in [4.69, 9.17) is 4.74 Å². The van der Waals surface area contributed by atoms with Crippen LogP contribution >= 0.6 is 0 Å². The minimum atomic E-state index is -0.687. The summed E-state index contributed by atoms with van der Waals surface area (Å²) in [5.74, 6) is 1.35. The van der Waals surface area contributed by atoms with Crippen molar-refractivity contribution in [1.82, 2.24) is 15.5 Å². The van der Waals surface area contributed by atoms with Crippen molar-refractivity contribution in [3.8, 4) is 0 Å². The van der Waals surface area contributed by atoms with E-state index < -0.39 is 5.60 Å². The van der Waals surface area contributed by atoms with Crippen LogP contribution < -0.4 is 10.6 Å². The molecule has 0 aromatic carbocycles. The Morgan fingerprint density at radius 3 is 2.76 bits per heavy atom. The van der Waals surface area contributed by atoms with Crippen LogP contribution in [0.4, 0.5) is 4.79 Å². The summed E-state index contributed by atoms with van der Waals surface area (Å²) in [6.07, 6.45) is 10.8. The van der Waals surface area contributed by atoms with Gasteiger partial charge in [0.15, 0.2) is 0 Å². The van der Waals surface area contributed by atoms with Crippen molar-refractivity contribution >= 4 is 12.0 Å². The Labute approximate surface area is 220 Å². The van der Waals surface area contributed by atoms with E-state index in [1.807, 2.05) is 0 Å². The van der Waals surface area contributed by atoms with Crippen LogP contribution in [0.5, 0.6) is 0 Å². The Kier molecular flexibility index (Phi) is 6.39. The van der Waals surface area contributed by atoms with Crippen molar-refractivity contribution in [2.75, 3.05) is 32.8 Å². The van der Waals surface area contributed by atoms with E-state index in [1.165, 1.54) is 0 Å². The minimum Gasteiger partial charge on any atom is -0.458 e. The molecule has 8 heteroatoms. The molecule has 6 rings (SSSR count). The summed E-state index contributed by atoms with van der Waals surface area (Å²) < 4.78 is 5.26. The number of aliphatic hydroxyl groups is 2. The molecule has 206 valence electrons. The third kappa shape index (κ3) is 3.88. The van der Waals surface area contributed by atoms with Crippen LogP contribution in [-0.2, 0) is 9.53 Å². The molecule has 8 nitrogen and oxygen atoms in total. The molecular formula is C29H45N3O5. The fraction of sp³-hybridized carbons (Fsp3) is 0.862. The summed E-state index contributed by atoms with van der Waals surface area (Å²) in [5.41, 5.74) is 0.391. The van der Waals surface area contributed by atoms with E-state index in [0.717, 1.165) is 69.9 Å². The summed E-state index contributed by atoms with van der Waals surface area (Å²) >= 11 is 0. The number of esters is 1. The van der Waals surface area contributed by atoms with Crippen LogP contribution in [0.3, 0.4) is 0 Å². The fourth-order valence-corrected chi connectivity index (χ4v) is 9.99. The highest BCUT2D eigenvalue weighted by Gasteiger charge is 2.67. The number of hydrogen-bond acceptors (Lipinski definition) is 6. The smallest absolute Gasteiger partial charge is 0.331 e. The van der Waals surface area contributed by atoms with E-state index in [0.29, 0.717) is 37.5 Å². The number of carbonyl (C=O) groups excluding carboxylic acids is 2. The van der Waals surface area contributed by atoms with Crippen molar-refractivity contribution in [3.05, 3.63) is 11.6 Å². The van der Waals surface area contributed by atoms with Crippen molar-refractivity contribution < 1.29 is 24.5 Å². The van der Waals surface area contributed by atoms with E-state index in [9.17, 15) is 19.8 Å². The fourth-order valence-electron chi connectivity index (χ4n) is 9.99. The van der Waals surface area contributed by atoms with Gasteiger partial charge in [-0.2, -0.15) is 0 Å². The molecule has 2 amide bonds. The highest BCUT2D eigenvalue weighted by molar-refractivity contribution is 5.85. The standard InChI is InChI=1S/C29H45N3O5/c1-27-8-5-20(31-26(35)32-12-11-30-15-21(32)16-33)14-19(27)3-4-24-23(27)6-9-28(2)22(7-10-29(24,28)36)18-13-25(34)37-17-18/h13,19-24,30,33,36H,3-12,14-17H2,1-2H3,(H,31,35)/t19-,20+,21?,22-,23+,24-,27+,28-,29+/m1/s1. The lowest BCUT2D eigenvalue weighted by atomic mass is 9.43. The zero-order chi connectivity index (χ0) is 26.0. The van der Waals surface area contributed by atoms with Gasteiger partial charge in [0.05, 0.1) is 18.2 Å². The Balaban J connectivity index is 1.15. The van der Waals surface area contributed by atoms with Gasteiger partial charge in [-0.15, -0.1) is 0 Å². The first-order chi connectivity index (χ1) is 17.7. The predicted octanol–water partition coefficient (Wildman–Crippen LogP) is 2.59. The Bertz CT molecular complexity index is 971. The maximum Gasteiger partial charge on any atom is 0.331 e. The number of carbonyl (C=O) groups is 2. The van der Waals surface area contributed by atoms with E-state index in [2.05, 4.69) is 24.5 Å². The molecule has 4 N–H and O–H groups in total. The third-order valence-corrected chi connectivity index (χ3v) is 12.1. The average Bonchev–Trinajstić information content (AvgIpc) is 3.43. The SMILES string of the molecule is C[C@]12CC[C@H](NC(=O)N3CCNCC3CO)C[C@H]1CC[C@@H]1[C@@H]2CC[C@]2(C)[C@@H](C3=CC(=O)OC3)CC[C@]12O. The van der Waals surface area contributed by atoms with Crippen LogP contribution in [0.15, 0.2) is 11.6 Å². The second-order valence-electron chi connectivity index (χ2n) is 13.4. The number of nitrogens with one attached hydrogen (secondary N) is 2. The lowest BCUT2D eigenvalue weighted by Crippen LogP contribution is -2.63. The molecule has 0 spiro atoms. The molecule has 4 saturated carbocycles. The Morgan fingerprint density at radius 1 is 1.16 bits per heavy atom. The molecule has 1 saturated heterocycles. The first-order valence-corrected chi connectivity index (χ1v) is 14.7. The van der Waals surface area contributed by atoms with Crippen LogP contribution in [0.25, 0.3) is 0 Å². The number of hydrogen-bond donors (Lipinski definition) is 4. The topological polar surface area (TPSA) is 111 Å². The maximum absolute atomic E-state index is 13.1. The van der Waals surface area contributed by atoms with Gasteiger partial charge in [-0.1, -0.05) is 13.8 Å². The number of amides is 2. The van der Waals surface area contributed by atoms with Crippen molar-refractivity contribution in [2.24, 2.45) is 34.5 Å². The van der Waals surface area contributed by atoms with E-state index in [-0.39, 0.29) is 47.4 Å². The number of urea groups is 1. The predicted molar refractivity (Wildman–Crippen MR) is 138 cm³/mol. The zero-order valence-electron chi connectivity index (χ0n) is 22.5. The monoisotopic (exact) mass is 515 g/mol. The van der Waals surface area contributed by atoms with Gasteiger partial charge in [0, 0.05) is 37.2 Å². The normalized spacial score (nSPS) is 47.4. The van der Waals surface area contributed by atoms with Gasteiger partial charge in [0.1, 0.15) is 6.61 Å². The third-order valence-electron chi connectivity index (χ3n) is 12.1. The second-order valence-corrected chi connectivity index (χ2v) is 13.4. The molecule has 5 fully saturated rings. The lowest BCUT2D eigenvalue weighted by molar-refractivity contribution is -0.204. The molecule has 2 heterocycles. The summed E-state index contributed by atoms with van der Waals surface area (Å²) in [6, 6.07) is -0.0162. The van der Waals surface area contributed by atoms with Crippen molar-refractivity contribution in [2.45, 2.75) is 89.3 Å². The van der Waals surface area contributed by atoms with Crippen molar-refractivity contribution in [1.29, 1.82) is 0 Å². The molecule has 4 aliphatic carbocycles. The van der Waals surface area contributed by atoms with Gasteiger partial charge in [-0.05, 0) is 92.4 Å². The first kappa shape index (κ1) is 25.6. The highest BCUT2D eigenvalue weighted by Crippen LogP contribution is 2.69. The van der Waals surface area contributed by atoms with Crippen LogP contribution in [-0.4, -0.2) is 77.6 Å². The molecule has 0 bridgehead atoms. The molecule has 37 heavy (non-hydrogen) atoms. The van der Waals surface area contributed by atoms with E-state index in [1.54, 1.807) is 11.0 Å². The summed E-state index contributed by atoms with van der Waals surface area (Å²) in [6.45, 7) is 7.16. The summed E-state index contributed by atoms with van der Waals surface area (Å²) in [7, 11) is 0. The molecule has 9 atom stereocenters. The van der Waals surface area contributed by atoms with Crippen LogP contribution in [0.1, 0.15) is 71.6 Å². The molecule has 2 aliphatic heterocycles. The summed E-state index contributed by atoms with van der Waals surface area (Å²) in [5, 5.41) is 28.7. The Hall–Kier alpha value is -1.64. The molecule has 0 radical (unpaired) electrons. The number of ether oxygens (including phenoxy) is 1. The largest absolute Gasteiger partial charge is 0.458 e. The number of aliphatic hydroxyl groups excluding tert-OH is 1. The number of piperazine rings is 1. The molecule has 1 unspecified atom stereocenters. The van der Waals surface area contributed by atoms with Crippen LogP contribution in [0.2, 0.25) is 0 Å². The number of fused-ring (bicyclic) bond motifs is 5. The maximum atomic E-state index is 13.1. The summed E-state index contributed by atoms with van der Waals surface area (Å²) in [4.78, 5) is 26.7. The molecule has 0 aromatic rings. The molecular weight excluding hydrogens is 470 g/mol. The Morgan fingerprint density at radius 2 is 2.00 bits per heavy atom. The number of rotatable bonds is 3. The van der Waals surface area contributed by atoms with Crippen LogP contribution in [0, 0.1) is 34.5 Å². The van der Waals surface area contributed by atoms with Gasteiger partial charge in [0.2, 0.25) is 0 Å².